The van der Waals surface area contributed by atoms with Crippen molar-refractivity contribution < 1.29 is 38.1 Å². The molecule has 4 aliphatic heterocycles. The third kappa shape index (κ3) is 16.3. The molecule has 0 saturated carbocycles. The van der Waals surface area contributed by atoms with Crippen molar-refractivity contribution in [3.8, 4) is 0 Å². The minimum atomic E-state index is -0.524. The highest BCUT2D eigenvalue weighted by Crippen LogP contribution is 2.24. The Kier molecular flexibility index (Phi) is 19.6. The van der Waals surface area contributed by atoms with Crippen LogP contribution in [0.25, 0.3) is 0 Å². The molecule has 8 rings (SSSR count). The normalized spacial score (nSPS) is 14.7. The molecule has 19 heteroatoms. The highest BCUT2D eigenvalue weighted by Gasteiger charge is 2.28. The van der Waals surface area contributed by atoms with Crippen molar-refractivity contribution in [3.05, 3.63) is 114 Å². The summed E-state index contributed by atoms with van der Waals surface area (Å²) in [5.41, 5.74) is 8.60. The predicted octanol–water partition coefficient (Wildman–Crippen LogP) is 7.72. The minimum Gasteiger partial charge on any atom is -0.465 e. The van der Waals surface area contributed by atoms with Crippen molar-refractivity contribution in [2.75, 3.05) is 40.4 Å². The molecule has 0 unspecified atom stereocenters. The second-order valence-electron chi connectivity index (χ2n) is 17.3. The number of rotatable bonds is 2. The first-order valence-electron chi connectivity index (χ1n) is 21.1. The van der Waals surface area contributed by atoms with E-state index < -0.39 is 17.2 Å². The number of nitrogens with zero attached hydrogens (tertiary/aromatic N) is 6. The fourth-order valence-corrected chi connectivity index (χ4v) is 7.67. The number of esters is 2. The summed E-state index contributed by atoms with van der Waals surface area (Å²) in [6.45, 7) is 17.1. The van der Waals surface area contributed by atoms with Gasteiger partial charge in [0.1, 0.15) is 11.2 Å². The molecule has 0 aromatic carbocycles. The number of halogens is 3. The zero-order valence-corrected chi connectivity index (χ0v) is 42.2. The molecular weight excluding hydrogens is 988 g/mol. The van der Waals surface area contributed by atoms with Crippen LogP contribution in [0.1, 0.15) is 107 Å². The number of ether oxygens (including phenoxy) is 4. The van der Waals surface area contributed by atoms with Crippen LogP contribution >= 0.6 is 44.3 Å². The molecule has 0 saturated heterocycles. The van der Waals surface area contributed by atoms with Crippen LogP contribution in [0.4, 0.5) is 9.59 Å². The maximum atomic E-state index is 12.1. The van der Waals surface area contributed by atoms with E-state index >= 15 is 0 Å². The monoisotopic (exact) mass is 1040 g/mol. The lowest BCUT2D eigenvalue weighted by molar-refractivity contribution is 0.0212. The molecule has 2 N–H and O–H groups in total. The maximum absolute atomic E-state index is 12.1. The van der Waals surface area contributed by atoms with Crippen LogP contribution in [0, 0.1) is 0 Å². The standard InChI is InChI=1S/C15H20N2O4.C13H17BrN2O2.C10H12N2O2.C8H9BrN2.ClH/c1-15(2,3)21-14(19)17-6-5-12-11(9-17)7-10(8-16-12)13(18)20-4;1-13(2,3)18-12(17)16-5-4-11-9(8-16)6-10(14)7-15-11;1-14-10(13)8-4-7-5-11-3-2-9(7)12-6-8;9-7-3-6-4-10-2-1-8(6)11-5-7;/h7-8H,5-6,9H2,1-4H3;6-7H,4-5,8H2,1-3H3;4,6,11H,2-3,5H2,1H3;3,5,10H,1-2,4H2;1H. The smallest absolute Gasteiger partial charge is 0.410 e. The summed E-state index contributed by atoms with van der Waals surface area (Å²) in [4.78, 5) is 67.4. The molecule has 352 valence electrons. The van der Waals surface area contributed by atoms with Crippen LogP contribution < -0.4 is 10.6 Å². The number of carbonyl (C=O) groups excluding carboxylic acids is 4. The number of carbonyl (C=O) groups is 4. The number of aromatic nitrogens is 4. The van der Waals surface area contributed by atoms with Gasteiger partial charge in [0.25, 0.3) is 0 Å². The fraction of sp³-hybridized carbons (Fsp3) is 0.478. The third-order valence-corrected chi connectivity index (χ3v) is 10.9. The summed E-state index contributed by atoms with van der Waals surface area (Å²) < 4.78 is 22.1. The maximum Gasteiger partial charge on any atom is 0.410 e. The van der Waals surface area contributed by atoms with Crippen molar-refractivity contribution in [2.24, 2.45) is 0 Å². The second kappa shape index (κ2) is 24.1. The summed E-state index contributed by atoms with van der Waals surface area (Å²) in [7, 11) is 2.70. The zero-order chi connectivity index (χ0) is 46.6. The van der Waals surface area contributed by atoms with E-state index in [1.54, 1.807) is 28.3 Å². The second-order valence-corrected chi connectivity index (χ2v) is 19.2. The van der Waals surface area contributed by atoms with E-state index in [-0.39, 0.29) is 30.6 Å². The lowest BCUT2D eigenvalue weighted by Gasteiger charge is -2.30. The predicted molar refractivity (Wildman–Crippen MR) is 254 cm³/mol. The van der Waals surface area contributed by atoms with Gasteiger partial charge in [-0.05, 0) is 120 Å². The van der Waals surface area contributed by atoms with Crippen LogP contribution in [0.15, 0.2) is 58.0 Å². The van der Waals surface area contributed by atoms with Crippen LogP contribution in [0.3, 0.4) is 0 Å². The Morgan fingerprint density at radius 2 is 0.908 bits per heavy atom. The Bertz CT molecular complexity index is 2310. The average molecular weight is 1050 g/mol. The number of pyridine rings is 4. The lowest BCUT2D eigenvalue weighted by atomic mass is 10.0. The molecular formula is C46H59Br2ClN8O8. The molecule has 4 aliphatic rings. The van der Waals surface area contributed by atoms with Gasteiger partial charge < -0.3 is 39.4 Å². The van der Waals surface area contributed by atoms with E-state index in [2.05, 4.69) is 78.0 Å². The van der Waals surface area contributed by atoms with Gasteiger partial charge in [0, 0.05) is 121 Å². The first-order valence-corrected chi connectivity index (χ1v) is 22.7. The van der Waals surface area contributed by atoms with Gasteiger partial charge in [-0.2, -0.15) is 0 Å². The third-order valence-electron chi connectivity index (χ3n) is 9.99. The Balaban J connectivity index is 0.000000193. The minimum absolute atomic E-state index is 0. The van der Waals surface area contributed by atoms with Gasteiger partial charge >= 0.3 is 24.1 Å². The Hall–Kier alpha value is -4.75. The van der Waals surface area contributed by atoms with Crippen molar-refractivity contribution in [1.82, 2.24) is 40.4 Å². The summed E-state index contributed by atoms with van der Waals surface area (Å²) in [5, 5.41) is 6.54. The van der Waals surface area contributed by atoms with E-state index in [0.717, 1.165) is 88.2 Å². The number of amides is 2. The van der Waals surface area contributed by atoms with Crippen molar-refractivity contribution in [3.63, 3.8) is 0 Å². The summed E-state index contributed by atoms with van der Waals surface area (Å²) in [6, 6.07) is 7.72. The van der Waals surface area contributed by atoms with Crippen molar-refractivity contribution >= 4 is 68.4 Å². The van der Waals surface area contributed by atoms with Gasteiger partial charge in [0.05, 0.1) is 38.4 Å². The van der Waals surface area contributed by atoms with Gasteiger partial charge in [0.15, 0.2) is 0 Å². The van der Waals surface area contributed by atoms with Crippen LogP contribution in [-0.2, 0) is 70.8 Å². The molecule has 0 aliphatic carbocycles. The van der Waals surface area contributed by atoms with E-state index in [1.165, 1.54) is 31.7 Å². The summed E-state index contributed by atoms with van der Waals surface area (Å²) in [5.74, 6) is -0.759. The highest BCUT2D eigenvalue weighted by molar-refractivity contribution is 9.10. The number of methoxy groups -OCH3 is 2. The number of hydrogen-bond acceptors (Lipinski definition) is 14. The lowest BCUT2D eigenvalue weighted by Crippen LogP contribution is -2.40. The molecule has 0 radical (unpaired) electrons. The summed E-state index contributed by atoms with van der Waals surface area (Å²) in [6.07, 6.45) is 9.55. The van der Waals surface area contributed by atoms with E-state index in [9.17, 15) is 19.2 Å². The number of fused-ring (bicyclic) bond motifs is 4. The SMILES string of the molecule is Brc1cnc2c(c1)CNCC2.CC(C)(C)OC(=O)N1CCc2ncc(Br)cc2C1.COC(=O)c1cnc2c(c1)CN(C(=O)OC(C)(C)C)CC2.COC(=O)c1cnc2c(c1)CNCC2.Cl. The van der Waals surface area contributed by atoms with Gasteiger partial charge in [-0.3, -0.25) is 19.9 Å². The van der Waals surface area contributed by atoms with Crippen molar-refractivity contribution in [1.29, 1.82) is 0 Å². The molecule has 0 atom stereocenters. The number of nitrogens with one attached hydrogen (secondary N) is 2. The van der Waals surface area contributed by atoms with Gasteiger partial charge in [-0.25, -0.2) is 19.2 Å². The molecule has 65 heavy (non-hydrogen) atoms. The first-order chi connectivity index (χ1) is 30.3. The fourth-order valence-electron chi connectivity index (χ4n) is 6.91. The molecule has 0 spiro atoms. The van der Waals surface area contributed by atoms with E-state index in [1.807, 2.05) is 59.9 Å². The Morgan fingerprint density at radius 3 is 1.32 bits per heavy atom. The quantitative estimate of drug-likeness (QED) is 0.147. The topological polar surface area (TPSA) is 187 Å². The molecule has 4 aromatic heterocycles. The molecule has 8 heterocycles. The summed E-state index contributed by atoms with van der Waals surface area (Å²) >= 11 is 6.80. The van der Waals surface area contributed by atoms with Crippen molar-refractivity contribution in [2.45, 2.75) is 105 Å². The molecule has 2 amide bonds. The van der Waals surface area contributed by atoms with Crippen LogP contribution in [0.5, 0.6) is 0 Å². The molecule has 0 fully saturated rings. The van der Waals surface area contributed by atoms with E-state index in [4.69, 9.17) is 9.47 Å². The van der Waals surface area contributed by atoms with Gasteiger partial charge in [0.2, 0.25) is 0 Å². The van der Waals surface area contributed by atoms with Gasteiger partial charge in [-0.1, -0.05) is 0 Å². The zero-order valence-electron chi connectivity index (χ0n) is 38.2. The van der Waals surface area contributed by atoms with Gasteiger partial charge in [-0.15, -0.1) is 12.4 Å². The van der Waals surface area contributed by atoms with Crippen LogP contribution in [0.2, 0.25) is 0 Å². The van der Waals surface area contributed by atoms with E-state index in [0.29, 0.717) is 43.7 Å². The molecule has 4 aromatic rings. The molecule has 16 nitrogen and oxygen atoms in total. The highest BCUT2D eigenvalue weighted by atomic mass is 79.9. The van der Waals surface area contributed by atoms with Crippen LogP contribution in [-0.4, -0.2) is 105 Å². The first kappa shape index (κ1) is 52.9. The largest absolute Gasteiger partial charge is 0.465 e. The Labute approximate surface area is 404 Å². The average Bonchev–Trinajstić information content (AvgIpc) is 3.27. The molecule has 0 bridgehead atoms. The Morgan fingerprint density at radius 1 is 0.554 bits per heavy atom. The number of hydrogen-bond donors (Lipinski definition) is 2.